The molecule has 1 nitrogen and oxygen atoms in total. The summed E-state index contributed by atoms with van der Waals surface area (Å²) < 4.78 is 23.3. The molecule has 0 aromatic rings. The van der Waals surface area contributed by atoms with E-state index in [-0.39, 0.29) is 6.54 Å². The maximum Gasteiger partial charge on any atom is 0.250 e. The van der Waals surface area contributed by atoms with Gasteiger partial charge in [-0.15, -0.1) is 0 Å². The largest absolute Gasteiger partial charge is 0.309 e. The normalized spacial score (nSPS) is 20.7. The first-order valence-corrected chi connectivity index (χ1v) is 3.80. The third-order valence-electron chi connectivity index (χ3n) is 1.92. The Hall–Kier alpha value is -0.180. The van der Waals surface area contributed by atoms with Crippen molar-refractivity contribution in [2.75, 3.05) is 6.54 Å². The van der Waals surface area contributed by atoms with Crippen LogP contribution < -0.4 is 5.32 Å². The number of rotatable bonds is 3. The Morgan fingerprint density at radius 1 is 1.30 bits per heavy atom. The van der Waals surface area contributed by atoms with E-state index in [0.29, 0.717) is 6.04 Å². The number of halogens is 2. The first-order chi connectivity index (χ1) is 4.79. The summed E-state index contributed by atoms with van der Waals surface area (Å²) >= 11 is 0. The molecule has 0 aliphatic heterocycles. The zero-order chi connectivity index (χ0) is 7.40. The number of hydrogen-bond acceptors (Lipinski definition) is 1. The van der Waals surface area contributed by atoms with Gasteiger partial charge in [0.15, 0.2) is 0 Å². The van der Waals surface area contributed by atoms with Gasteiger partial charge in [0.25, 0.3) is 6.43 Å². The Balaban J connectivity index is 2.01. The molecule has 1 aliphatic carbocycles. The van der Waals surface area contributed by atoms with Crippen molar-refractivity contribution in [2.24, 2.45) is 0 Å². The van der Waals surface area contributed by atoms with Gasteiger partial charge in [-0.1, -0.05) is 12.8 Å². The first kappa shape index (κ1) is 7.92. The summed E-state index contributed by atoms with van der Waals surface area (Å²) in [6, 6.07) is 0.369. The average Bonchev–Trinajstić information content (AvgIpc) is 2.34. The van der Waals surface area contributed by atoms with Gasteiger partial charge < -0.3 is 5.32 Å². The van der Waals surface area contributed by atoms with E-state index in [1.165, 1.54) is 12.8 Å². The van der Waals surface area contributed by atoms with Crippen LogP contribution in [0.25, 0.3) is 0 Å². The Bertz CT molecular complexity index is 89.6. The summed E-state index contributed by atoms with van der Waals surface area (Å²) in [6.45, 7) is -0.134. The number of alkyl halides is 2. The van der Waals surface area contributed by atoms with Crippen molar-refractivity contribution < 1.29 is 8.78 Å². The lowest BCUT2D eigenvalue weighted by Gasteiger charge is -2.09. The van der Waals surface area contributed by atoms with Crippen molar-refractivity contribution in [1.82, 2.24) is 5.32 Å². The molecule has 1 aliphatic rings. The molecule has 0 bridgehead atoms. The molecule has 0 heterocycles. The van der Waals surface area contributed by atoms with E-state index < -0.39 is 6.43 Å². The molecule has 0 aromatic carbocycles. The Kier molecular flexibility index (Phi) is 3.06. The summed E-state index contributed by atoms with van der Waals surface area (Å²) in [7, 11) is 0. The minimum atomic E-state index is -2.19. The Labute approximate surface area is 59.8 Å². The second kappa shape index (κ2) is 3.86. The van der Waals surface area contributed by atoms with Gasteiger partial charge >= 0.3 is 0 Å². The highest BCUT2D eigenvalue weighted by atomic mass is 19.3. The SMILES string of the molecule is FC(F)CNC1CCCC1. The summed E-state index contributed by atoms with van der Waals surface area (Å²) in [5.41, 5.74) is 0. The van der Waals surface area contributed by atoms with Gasteiger partial charge in [-0.2, -0.15) is 0 Å². The van der Waals surface area contributed by atoms with Crippen LogP contribution in [0.4, 0.5) is 8.78 Å². The average molecular weight is 149 g/mol. The quantitative estimate of drug-likeness (QED) is 0.645. The summed E-state index contributed by atoms with van der Waals surface area (Å²) in [5, 5.41) is 2.83. The van der Waals surface area contributed by atoms with E-state index in [1.54, 1.807) is 0 Å². The minimum absolute atomic E-state index is 0.134. The highest BCUT2D eigenvalue weighted by molar-refractivity contribution is 4.73. The molecule has 1 fully saturated rings. The molecule has 0 aromatic heterocycles. The van der Waals surface area contributed by atoms with Crippen molar-refractivity contribution in [2.45, 2.75) is 38.2 Å². The highest BCUT2D eigenvalue weighted by Gasteiger charge is 2.15. The van der Waals surface area contributed by atoms with Gasteiger partial charge in [-0.3, -0.25) is 0 Å². The Morgan fingerprint density at radius 3 is 2.40 bits per heavy atom. The van der Waals surface area contributed by atoms with Gasteiger partial charge in [0.05, 0.1) is 6.54 Å². The third-order valence-corrected chi connectivity index (χ3v) is 1.92. The lowest BCUT2D eigenvalue weighted by molar-refractivity contribution is 0.141. The molecule has 3 heteroatoms. The van der Waals surface area contributed by atoms with E-state index >= 15 is 0 Å². The molecule has 10 heavy (non-hydrogen) atoms. The predicted octanol–water partition coefficient (Wildman–Crippen LogP) is 1.78. The molecule has 1 saturated carbocycles. The van der Waals surface area contributed by atoms with E-state index in [1.807, 2.05) is 0 Å². The molecule has 0 amide bonds. The third kappa shape index (κ3) is 2.60. The predicted molar refractivity (Wildman–Crippen MR) is 36.3 cm³/mol. The molecule has 0 radical (unpaired) electrons. The second-order valence-electron chi connectivity index (χ2n) is 2.78. The smallest absolute Gasteiger partial charge is 0.250 e. The van der Waals surface area contributed by atoms with E-state index in [0.717, 1.165) is 12.8 Å². The molecule has 1 rings (SSSR count). The van der Waals surface area contributed by atoms with E-state index in [9.17, 15) is 8.78 Å². The van der Waals surface area contributed by atoms with Gasteiger partial charge in [0.1, 0.15) is 0 Å². The van der Waals surface area contributed by atoms with E-state index in [4.69, 9.17) is 0 Å². The van der Waals surface area contributed by atoms with Crippen LogP contribution in [0.2, 0.25) is 0 Å². The fraction of sp³-hybridized carbons (Fsp3) is 1.00. The molecule has 0 saturated heterocycles. The van der Waals surface area contributed by atoms with Crippen molar-refractivity contribution >= 4 is 0 Å². The van der Waals surface area contributed by atoms with Gasteiger partial charge in [-0.25, -0.2) is 8.78 Å². The lowest BCUT2D eigenvalue weighted by Crippen LogP contribution is -2.30. The lowest BCUT2D eigenvalue weighted by atomic mass is 10.2. The first-order valence-electron chi connectivity index (χ1n) is 3.80. The van der Waals surface area contributed by atoms with Gasteiger partial charge in [0, 0.05) is 6.04 Å². The standard InChI is InChI=1S/C7H13F2N/c8-7(9)5-10-6-3-1-2-4-6/h6-7,10H,1-5H2. The van der Waals surface area contributed by atoms with Crippen molar-refractivity contribution in [1.29, 1.82) is 0 Å². The van der Waals surface area contributed by atoms with Crippen LogP contribution in [0.15, 0.2) is 0 Å². The van der Waals surface area contributed by atoms with Crippen LogP contribution in [-0.4, -0.2) is 19.0 Å². The molecule has 0 atom stereocenters. The molecular formula is C7H13F2N. The topological polar surface area (TPSA) is 12.0 Å². The Morgan fingerprint density at radius 2 is 1.90 bits per heavy atom. The zero-order valence-corrected chi connectivity index (χ0v) is 5.95. The van der Waals surface area contributed by atoms with Crippen LogP contribution in [0.1, 0.15) is 25.7 Å². The molecule has 1 N–H and O–H groups in total. The summed E-state index contributed by atoms with van der Waals surface area (Å²) in [4.78, 5) is 0. The fourth-order valence-corrected chi connectivity index (χ4v) is 1.39. The van der Waals surface area contributed by atoms with Crippen LogP contribution in [0.5, 0.6) is 0 Å². The van der Waals surface area contributed by atoms with E-state index in [2.05, 4.69) is 5.32 Å². The van der Waals surface area contributed by atoms with Crippen molar-refractivity contribution in [3.05, 3.63) is 0 Å². The van der Waals surface area contributed by atoms with Crippen molar-refractivity contribution in [3.8, 4) is 0 Å². The van der Waals surface area contributed by atoms with Gasteiger partial charge in [-0.05, 0) is 12.8 Å². The molecule has 0 unspecified atom stereocenters. The monoisotopic (exact) mass is 149 g/mol. The fourth-order valence-electron chi connectivity index (χ4n) is 1.39. The number of hydrogen-bond donors (Lipinski definition) is 1. The van der Waals surface area contributed by atoms with Crippen LogP contribution in [-0.2, 0) is 0 Å². The highest BCUT2D eigenvalue weighted by Crippen LogP contribution is 2.17. The maximum atomic E-state index is 11.6. The summed E-state index contributed by atoms with van der Waals surface area (Å²) in [6.07, 6.45) is 2.35. The number of nitrogens with one attached hydrogen (secondary N) is 1. The minimum Gasteiger partial charge on any atom is -0.309 e. The van der Waals surface area contributed by atoms with Gasteiger partial charge in [0.2, 0.25) is 0 Å². The molecule has 60 valence electrons. The van der Waals surface area contributed by atoms with Crippen LogP contribution in [0, 0.1) is 0 Å². The second-order valence-corrected chi connectivity index (χ2v) is 2.78. The molecular weight excluding hydrogens is 136 g/mol. The van der Waals surface area contributed by atoms with Crippen molar-refractivity contribution in [3.63, 3.8) is 0 Å². The zero-order valence-electron chi connectivity index (χ0n) is 5.95. The maximum absolute atomic E-state index is 11.6. The van der Waals surface area contributed by atoms with Crippen LogP contribution >= 0.6 is 0 Å². The summed E-state index contributed by atoms with van der Waals surface area (Å²) in [5.74, 6) is 0. The molecule has 0 spiro atoms. The van der Waals surface area contributed by atoms with Crippen LogP contribution in [0.3, 0.4) is 0 Å².